The molecule has 0 radical (unpaired) electrons. The molecule has 1 aromatic heterocycles. The van der Waals surface area contributed by atoms with Crippen molar-refractivity contribution >= 4 is 23.1 Å². The zero-order valence-electron chi connectivity index (χ0n) is 24.6. The highest BCUT2D eigenvalue weighted by Gasteiger charge is 2.40. The highest BCUT2D eigenvalue weighted by molar-refractivity contribution is 5.68. The maximum Gasteiger partial charge on any atom is 0.421 e. The van der Waals surface area contributed by atoms with E-state index in [0.717, 1.165) is 69.6 Å². The molecule has 9 nitrogen and oxygen atoms in total. The van der Waals surface area contributed by atoms with Crippen LogP contribution in [0, 0.1) is 0 Å². The number of hydroxylamine groups is 1. The minimum absolute atomic E-state index is 0.0353. The highest BCUT2D eigenvalue weighted by Crippen LogP contribution is 2.42. The molecule has 1 atom stereocenters. The number of ether oxygens (including phenoxy) is 1. The van der Waals surface area contributed by atoms with Gasteiger partial charge in [0.25, 0.3) is 0 Å². The average Bonchev–Trinajstić information content (AvgIpc) is 3.52. The lowest BCUT2D eigenvalue weighted by atomic mass is 10.0. The Kier molecular flexibility index (Phi) is 8.60. The molecule has 0 saturated carbocycles. The molecule has 230 valence electrons. The number of hydrogen-bond donors (Lipinski definition) is 1. The maximum absolute atomic E-state index is 14.0. The fourth-order valence-electron chi connectivity index (χ4n) is 6.26. The summed E-state index contributed by atoms with van der Waals surface area (Å²) in [5, 5.41) is 4.34. The summed E-state index contributed by atoms with van der Waals surface area (Å²) in [5.74, 6) is 0.401. The molecule has 0 amide bonds. The molecule has 12 heteroatoms. The molecule has 43 heavy (non-hydrogen) atoms. The number of likely N-dealkylation sites (N-methyl/N-ethyl adjacent to an activating group) is 1. The third kappa shape index (κ3) is 6.51. The smallest absolute Gasteiger partial charge is 0.421 e. The summed E-state index contributed by atoms with van der Waals surface area (Å²) >= 11 is 0. The van der Waals surface area contributed by atoms with Gasteiger partial charge in [0.1, 0.15) is 11.3 Å². The second kappa shape index (κ2) is 12.6. The summed E-state index contributed by atoms with van der Waals surface area (Å²) in [5.41, 5.74) is 1.51. The molecule has 2 aromatic carbocycles. The number of anilines is 4. The number of aromatic nitrogens is 2. The Labute approximate surface area is 250 Å². The van der Waals surface area contributed by atoms with Crippen molar-refractivity contribution in [3.05, 3.63) is 65.9 Å². The van der Waals surface area contributed by atoms with Crippen molar-refractivity contribution in [2.45, 2.75) is 37.5 Å². The van der Waals surface area contributed by atoms with Crippen molar-refractivity contribution < 1.29 is 22.7 Å². The number of nitrogens with zero attached hydrogens (tertiary/aromatic N) is 6. The van der Waals surface area contributed by atoms with Crippen LogP contribution >= 0.6 is 0 Å². The molecule has 3 aliphatic rings. The number of alkyl halides is 3. The minimum atomic E-state index is -4.65. The molecule has 1 N–H and O–H groups in total. The molecule has 3 aliphatic heterocycles. The molecule has 0 spiro atoms. The summed E-state index contributed by atoms with van der Waals surface area (Å²) in [6.07, 6.45) is -1.11. The Bertz CT molecular complexity index is 1380. The molecule has 3 fully saturated rings. The lowest BCUT2D eigenvalue weighted by molar-refractivity contribution is -0.138. The van der Waals surface area contributed by atoms with Gasteiger partial charge in [0.15, 0.2) is 5.82 Å². The standard InChI is InChI=1S/C31H38F3N7O2/c1-38-15-17-39(18-16-38)24-10-13-40(14-11-24)27-9-8-23(20-28(27)42-2)36-30-35-21-25(31(32,33)34)29(37-30)41-26(12-19-43-41)22-6-4-3-5-7-22/h3-9,20-21,24,26H,10-19H2,1-2H3,(H,35,36,37)/t26-/m0/s1. The van der Waals surface area contributed by atoms with Gasteiger partial charge in [0, 0.05) is 69.7 Å². The quantitative estimate of drug-likeness (QED) is 0.388. The van der Waals surface area contributed by atoms with Crippen molar-refractivity contribution in [1.82, 2.24) is 19.8 Å². The molecule has 0 bridgehead atoms. The maximum atomic E-state index is 14.0. The van der Waals surface area contributed by atoms with Gasteiger partial charge in [0.05, 0.1) is 25.4 Å². The molecule has 3 aromatic rings. The molecule has 4 heterocycles. The topological polar surface area (TPSA) is 69.2 Å². The third-order valence-electron chi connectivity index (χ3n) is 8.67. The Morgan fingerprint density at radius 3 is 2.40 bits per heavy atom. The summed E-state index contributed by atoms with van der Waals surface area (Å²) in [6, 6.07) is 15.2. The van der Waals surface area contributed by atoms with Crippen molar-refractivity contribution in [3.8, 4) is 5.75 Å². The van der Waals surface area contributed by atoms with Crippen LogP contribution in [0.25, 0.3) is 0 Å². The first-order chi connectivity index (χ1) is 20.8. The second-order valence-electron chi connectivity index (χ2n) is 11.4. The fourth-order valence-corrected chi connectivity index (χ4v) is 6.26. The zero-order chi connectivity index (χ0) is 30.0. The van der Waals surface area contributed by atoms with E-state index in [4.69, 9.17) is 9.57 Å². The van der Waals surface area contributed by atoms with E-state index in [1.807, 2.05) is 48.5 Å². The monoisotopic (exact) mass is 597 g/mol. The van der Waals surface area contributed by atoms with Crippen LogP contribution in [0.5, 0.6) is 5.75 Å². The first-order valence-electron chi connectivity index (χ1n) is 14.8. The number of methoxy groups -OCH3 is 1. The van der Waals surface area contributed by atoms with Crippen molar-refractivity contribution in [2.75, 3.05) is 75.3 Å². The number of hydrogen-bond acceptors (Lipinski definition) is 9. The molecular weight excluding hydrogens is 559 g/mol. The van der Waals surface area contributed by atoms with Gasteiger partial charge in [-0.15, -0.1) is 0 Å². The van der Waals surface area contributed by atoms with E-state index in [1.54, 1.807) is 7.11 Å². The molecular formula is C31H38F3N7O2. The summed E-state index contributed by atoms with van der Waals surface area (Å²) < 4.78 is 47.9. The van der Waals surface area contributed by atoms with Gasteiger partial charge in [-0.1, -0.05) is 30.3 Å². The van der Waals surface area contributed by atoms with Gasteiger partial charge < -0.3 is 19.9 Å². The number of piperidine rings is 1. The van der Waals surface area contributed by atoms with Crippen LogP contribution in [-0.2, 0) is 11.0 Å². The minimum Gasteiger partial charge on any atom is -0.495 e. The van der Waals surface area contributed by atoms with Crippen LogP contribution in [-0.4, -0.2) is 85.8 Å². The first-order valence-corrected chi connectivity index (χ1v) is 14.8. The van der Waals surface area contributed by atoms with E-state index in [-0.39, 0.29) is 18.4 Å². The van der Waals surface area contributed by atoms with Gasteiger partial charge in [-0.3, -0.25) is 9.74 Å². The molecule has 6 rings (SSSR count). The van der Waals surface area contributed by atoms with Gasteiger partial charge >= 0.3 is 6.18 Å². The fraction of sp³-hybridized carbons (Fsp3) is 0.484. The van der Waals surface area contributed by atoms with E-state index in [2.05, 4.69) is 37.0 Å². The number of halogens is 3. The van der Waals surface area contributed by atoms with Crippen LogP contribution in [0.3, 0.4) is 0 Å². The van der Waals surface area contributed by atoms with Gasteiger partial charge in [-0.05, 0) is 37.6 Å². The van der Waals surface area contributed by atoms with E-state index < -0.39 is 17.8 Å². The number of benzene rings is 2. The predicted molar refractivity (Wildman–Crippen MR) is 160 cm³/mol. The average molecular weight is 598 g/mol. The largest absolute Gasteiger partial charge is 0.495 e. The van der Waals surface area contributed by atoms with Crippen molar-refractivity contribution in [2.24, 2.45) is 0 Å². The van der Waals surface area contributed by atoms with E-state index in [9.17, 15) is 13.2 Å². The van der Waals surface area contributed by atoms with E-state index in [1.165, 1.54) is 5.06 Å². The lowest BCUT2D eigenvalue weighted by Gasteiger charge is -2.42. The Hall–Kier alpha value is -3.61. The van der Waals surface area contributed by atoms with E-state index in [0.29, 0.717) is 23.9 Å². The number of piperazine rings is 1. The van der Waals surface area contributed by atoms with Crippen LogP contribution in [0.4, 0.5) is 36.3 Å². The summed E-state index contributed by atoms with van der Waals surface area (Å²) in [4.78, 5) is 21.4. The second-order valence-corrected chi connectivity index (χ2v) is 11.4. The summed E-state index contributed by atoms with van der Waals surface area (Å²) in [7, 11) is 3.80. The first kappa shape index (κ1) is 29.5. The summed E-state index contributed by atoms with van der Waals surface area (Å²) in [6.45, 7) is 6.63. The van der Waals surface area contributed by atoms with Crippen LogP contribution in [0.2, 0.25) is 0 Å². The highest BCUT2D eigenvalue weighted by atomic mass is 19.4. The Morgan fingerprint density at radius 1 is 0.953 bits per heavy atom. The van der Waals surface area contributed by atoms with Gasteiger partial charge in [0.2, 0.25) is 5.95 Å². The Balaban J connectivity index is 1.19. The lowest BCUT2D eigenvalue weighted by Crippen LogP contribution is -2.52. The van der Waals surface area contributed by atoms with Crippen molar-refractivity contribution in [1.29, 1.82) is 0 Å². The zero-order valence-corrected chi connectivity index (χ0v) is 24.6. The van der Waals surface area contributed by atoms with Crippen LogP contribution < -0.4 is 20.0 Å². The van der Waals surface area contributed by atoms with Gasteiger partial charge in [-0.2, -0.15) is 18.2 Å². The van der Waals surface area contributed by atoms with Gasteiger partial charge in [-0.25, -0.2) is 10.0 Å². The SMILES string of the molecule is COc1cc(Nc2ncc(C(F)(F)F)c(N3OCC[C@H]3c3ccccc3)n2)ccc1N1CCC(N2CCN(C)CC2)CC1. The third-order valence-corrected chi connectivity index (χ3v) is 8.67. The molecule has 0 unspecified atom stereocenters. The van der Waals surface area contributed by atoms with Crippen LogP contribution in [0.1, 0.15) is 36.4 Å². The Morgan fingerprint density at radius 2 is 1.70 bits per heavy atom. The van der Waals surface area contributed by atoms with Crippen LogP contribution in [0.15, 0.2) is 54.7 Å². The predicted octanol–water partition coefficient (Wildman–Crippen LogP) is 5.35. The molecule has 3 saturated heterocycles. The van der Waals surface area contributed by atoms with Crippen molar-refractivity contribution in [3.63, 3.8) is 0 Å². The number of rotatable bonds is 7. The number of nitrogens with one attached hydrogen (secondary N) is 1. The normalized spacial score (nSPS) is 20.9. The molecule has 0 aliphatic carbocycles. The van der Waals surface area contributed by atoms with E-state index >= 15 is 0 Å².